The van der Waals surface area contributed by atoms with Gasteiger partial charge in [-0.25, -0.2) is 0 Å². The van der Waals surface area contributed by atoms with Crippen LogP contribution in [0.25, 0.3) is 0 Å². The van der Waals surface area contributed by atoms with Crippen LogP contribution in [0.15, 0.2) is 72.8 Å². The van der Waals surface area contributed by atoms with E-state index in [0.717, 1.165) is 36.8 Å². The summed E-state index contributed by atoms with van der Waals surface area (Å²) >= 11 is 6.16. The number of ether oxygens (including phenoxy) is 1. The standard InChI is InChI=1S/C27H29ClN2O/c28-23-10-7-22(8-11-23)27-16-9-21-5-1-2-6-26(21)30(27)24-12-14-25(15-13-24)31-20-19-29-17-3-4-18-29/h1-2,5-8,10-15,27H,3-4,9,16-20H2. The molecule has 31 heavy (non-hydrogen) atoms. The van der Waals surface area contributed by atoms with Crippen molar-refractivity contribution >= 4 is 23.0 Å². The Balaban J connectivity index is 1.37. The molecule has 0 aliphatic carbocycles. The molecule has 2 aliphatic heterocycles. The Morgan fingerprint density at radius 1 is 0.871 bits per heavy atom. The number of para-hydroxylation sites is 1. The van der Waals surface area contributed by atoms with E-state index in [1.807, 2.05) is 12.1 Å². The first-order valence-corrected chi connectivity index (χ1v) is 11.7. The lowest BCUT2D eigenvalue weighted by atomic mass is 9.90. The summed E-state index contributed by atoms with van der Waals surface area (Å²) in [6.07, 6.45) is 4.80. The van der Waals surface area contributed by atoms with E-state index in [0.29, 0.717) is 0 Å². The molecule has 4 heteroatoms. The Bertz CT molecular complexity index is 997. The lowest BCUT2D eigenvalue weighted by Crippen LogP contribution is -2.29. The Hall–Kier alpha value is -2.49. The van der Waals surface area contributed by atoms with E-state index >= 15 is 0 Å². The predicted octanol–water partition coefficient (Wildman–Crippen LogP) is 6.64. The number of aryl methyl sites for hydroxylation is 1. The summed E-state index contributed by atoms with van der Waals surface area (Å²) in [7, 11) is 0. The summed E-state index contributed by atoms with van der Waals surface area (Å²) in [6, 6.07) is 25.9. The van der Waals surface area contributed by atoms with Crippen molar-refractivity contribution in [2.75, 3.05) is 31.1 Å². The van der Waals surface area contributed by atoms with Crippen molar-refractivity contribution in [3.8, 4) is 5.75 Å². The van der Waals surface area contributed by atoms with Gasteiger partial charge in [-0.15, -0.1) is 0 Å². The highest BCUT2D eigenvalue weighted by Gasteiger charge is 2.28. The molecule has 3 aromatic rings. The first-order valence-electron chi connectivity index (χ1n) is 11.4. The van der Waals surface area contributed by atoms with Crippen molar-refractivity contribution in [2.45, 2.75) is 31.7 Å². The maximum absolute atomic E-state index is 6.16. The SMILES string of the molecule is Clc1ccc(C2CCc3ccccc3N2c2ccc(OCCN3CCCC3)cc2)cc1. The van der Waals surface area contributed by atoms with Crippen molar-refractivity contribution in [2.24, 2.45) is 0 Å². The summed E-state index contributed by atoms with van der Waals surface area (Å²) in [5.41, 5.74) is 5.18. The van der Waals surface area contributed by atoms with Crippen LogP contribution in [0.2, 0.25) is 5.02 Å². The third kappa shape index (κ3) is 4.58. The minimum Gasteiger partial charge on any atom is -0.492 e. The van der Waals surface area contributed by atoms with Gasteiger partial charge in [0, 0.05) is 22.9 Å². The fourth-order valence-electron chi connectivity index (χ4n) is 4.87. The van der Waals surface area contributed by atoms with Gasteiger partial charge in [-0.1, -0.05) is 41.9 Å². The summed E-state index contributed by atoms with van der Waals surface area (Å²) in [5.74, 6) is 0.941. The molecule has 3 aromatic carbocycles. The number of nitrogens with zero attached hydrogens (tertiary/aromatic N) is 2. The van der Waals surface area contributed by atoms with Crippen LogP contribution in [0, 0.1) is 0 Å². The third-order valence-corrected chi connectivity index (χ3v) is 6.75. The third-order valence-electron chi connectivity index (χ3n) is 6.49. The fourth-order valence-corrected chi connectivity index (χ4v) is 4.99. The molecule has 1 fully saturated rings. The molecule has 0 radical (unpaired) electrons. The zero-order valence-corrected chi connectivity index (χ0v) is 18.6. The molecule has 160 valence electrons. The Morgan fingerprint density at radius 2 is 1.61 bits per heavy atom. The van der Waals surface area contributed by atoms with Gasteiger partial charge in [-0.05, 0) is 92.4 Å². The van der Waals surface area contributed by atoms with E-state index < -0.39 is 0 Å². The second-order valence-corrected chi connectivity index (χ2v) is 8.93. The Labute approximate surface area is 190 Å². The number of likely N-dealkylation sites (tertiary alicyclic amines) is 1. The van der Waals surface area contributed by atoms with Gasteiger partial charge in [-0.2, -0.15) is 0 Å². The van der Waals surface area contributed by atoms with Gasteiger partial charge in [0.25, 0.3) is 0 Å². The number of hydrogen-bond donors (Lipinski definition) is 0. The number of rotatable bonds is 6. The maximum Gasteiger partial charge on any atom is 0.119 e. The van der Waals surface area contributed by atoms with Crippen LogP contribution in [0.5, 0.6) is 5.75 Å². The Kier molecular flexibility index (Phi) is 6.15. The molecule has 1 saturated heterocycles. The summed E-state index contributed by atoms with van der Waals surface area (Å²) in [6.45, 7) is 4.19. The zero-order chi connectivity index (χ0) is 21.0. The van der Waals surface area contributed by atoms with Crippen molar-refractivity contribution in [1.82, 2.24) is 4.90 Å². The first-order chi connectivity index (χ1) is 15.3. The van der Waals surface area contributed by atoms with Gasteiger partial charge >= 0.3 is 0 Å². The number of fused-ring (bicyclic) bond motifs is 1. The second-order valence-electron chi connectivity index (χ2n) is 8.50. The number of halogens is 1. The van der Waals surface area contributed by atoms with Crippen molar-refractivity contribution in [3.63, 3.8) is 0 Å². The van der Waals surface area contributed by atoms with Gasteiger partial charge in [-0.3, -0.25) is 4.90 Å². The topological polar surface area (TPSA) is 15.7 Å². The first kappa shape index (κ1) is 20.4. The molecule has 0 bridgehead atoms. The van der Waals surface area contributed by atoms with E-state index in [1.54, 1.807) is 0 Å². The van der Waals surface area contributed by atoms with Gasteiger partial charge < -0.3 is 9.64 Å². The molecule has 0 saturated carbocycles. The number of hydrogen-bond acceptors (Lipinski definition) is 3. The van der Waals surface area contributed by atoms with Gasteiger partial charge in [0.2, 0.25) is 0 Å². The van der Waals surface area contributed by atoms with Crippen LogP contribution in [0.3, 0.4) is 0 Å². The number of benzene rings is 3. The van der Waals surface area contributed by atoms with Crippen LogP contribution < -0.4 is 9.64 Å². The van der Waals surface area contributed by atoms with E-state index in [2.05, 4.69) is 70.5 Å². The van der Waals surface area contributed by atoms with Crippen LogP contribution in [-0.2, 0) is 6.42 Å². The lowest BCUT2D eigenvalue weighted by molar-refractivity contribution is 0.238. The molecule has 0 spiro atoms. The second kappa shape index (κ2) is 9.33. The van der Waals surface area contributed by atoms with Crippen LogP contribution in [0.1, 0.15) is 36.4 Å². The minimum atomic E-state index is 0.286. The molecular weight excluding hydrogens is 404 g/mol. The summed E-state index contributed by atoms with van der Waals surface area (Å²) < 4.78 is 6.03. The Morgan fingerprint density at radius 3 is 2.39 bits per heavy atom. The van der Waals surface area contributed by atoms with E-state index in [-0.39, 0.29) is 6.04 Å². The summed E-state index contributed by atoms with van der Waals surface area (Å²) in [4.78, 5) is 4.95. The predicted molar refractivity (Wildman–Crippen MR) is 129 cm³/mol. The van der Waals surface area contributed by atoms with Gasteiger partial charge in [0.05, 0.1) is 6.04 Å². The molecule has 5 rings (SSSR count). The highest BCUT2D eigenvalue weighted by Crippen LogP contribution is 2.44. The number of anilines is 2. The van der Waals surface area contributed by atoms with Crippen molar-refractivity contribution < 1.29 is 4.74 Å². The highest BCUT2D eigenvalue weighted by atomic mass is 35.5. The monoisotopic (exact) mass is 432 g/mol. The minimum absolute atomic E-state index is 0.286. The zero-order valence-electron chi connectivity index (χ0n) is 17.8. The highest BCUT2D eigenvalue weighted by molar-refractivity contribution is 6.30. The molecule has 1 atom stereocenters. The molecule has 3 nitrogen and oxygen atoms in total. The molecular formula is C27H29ClN2O. The van der Waals surface area contributed by atoms with Gasteiger partial charge in [0.15, 0.2) is 0 Å². The normalized spacial score (nSPS) is 18.7. The van der Waals surface area contributed by atoms with Gasteiger partial charge in [0.1, 0.15) is 12.4 Å². The molecule has 2 aliphatic rings. The van der Waals surface area contributed by atoms with Crippen LogP contribution in [0.4, 0.5) is 11.4 Å². The van der Waals surface area contributed by atoms with E-state index in [9.17, 15) is 0 Å². The molecule has 2 heterocycles. The molecule has 1 unspecified atom stereocenters. The molecule has 0 aromatic heterocycles. The van der Waals surface area contributed by atoms with Crippen molar-refractivity contribution in [3.05, 3.63) is 88.9 Å². The van der Waals surface area contributed by atoms with E-state index in [4.69, 9.17) is 16.3 Å². The maximum atomic E-state index is 6.16. The van der Waals surface area contributed by atoms with Crippen LogP contribution in [-0.4, -0.2) is 31.1 Å². The van der Waals surface area contributed by atoms with Crippen molar-refractivity contribution in [1.29, 1.82) is 0 Å². The fraction of sp³-hybridized carbons (Fsp3) is 0.333. The summed E-state index contributed by atoms with van der Waals surface area (Å²) in [5, 5.41) is 0.780. The van der Waals surface area contributed by atoms with E-state index in [1.165, 1.54) is 48.4 Å². The lowest BCUT2D eigenvalue weighted by Gasteiger charge is -2.39. The smallest absolute Gasteiger partial charge is 0.119 e. The average molecular weight is 433 g/mol. The largest absolute Gasteiger partial charge is 0.492 e. The molecule has 0 amide bonds. The average Bonchev–Trinajstić information content (AvgIpc) is 3.33. The molecule has 0 N–H and O–H groups in total. The quantitative estimate of drug-likeness (QED) is 0.434. The van der Waals surface area contributed by atoms with Crippen LogP contribution >= 0.6 is 11.6 Å².